The minimum atomic E-state index is -3.87. The van der Waals surface area contributed by atoms with Crippen molar-refractivity contribution in [1.82, 2.24) is 9.38 Å². The normalized spacial score (nSPS) is 11.4. The van der Waals surface area contributed by atoms with Crippen LogP contribution in [0.5, 0.6) is 0 Å². The molecule has 0 aliphatic carbocycles. The Morgan fingerprint density at radius 2 is 1.90 bits per heavy atom. The molecule has 2 aromatic carbocycles. The summed E-state index contributed by atoms with van der Waals surface area (Å²) >= 11 is 1.29. The lowest BCUT2D eigenvalue weighted by Gasteiger charge is -2.19. The van der Waals surface area contributed by atoms with Crippen LogP contribution in [0.2, 0.25) is 0 Å². The molecule has 2 heterocycles. The first-order valence-corrected chi connectivity index (χ1v) is 11.5. The van der Waals surface area contributed by atoms with Crippen LogP contribution in [0.3, 0.4) is 0 Å². The third kappa shape index (κ3) is 4.21. The first-order valence-electron chi connectivity index (χ1n) is 9.13. The van der Waals surface area contributed by atoms with Gasteiger partial charge in [0.2, 0.25) is 0 Å². The Kier molecular flexibility index (Phi) is 5.57. The lowest BCUT2D eigenvalue weighted by atomic mass is 10.2. The lowest BCUT2D eigenvalue weighted by molar-refractivity contribution is 0.0467. The lowest BCUT2D eigenvalue weighted by Crippen LogP contribution is -2.26. The summed E-state index contributed by atoms with van der Waals surface area (Å²) in [4.78, 5) is 29.3. The van der Waals surface area contributed by atoms with Crippen LogP contribution in [0.4, 0.5) is 5.69 Å². The van der Waals surface area contributed by atoms with E-state index in [9.17, 15) is 18.0 Å². The van der Waals surface area contributed by atoms with Gasteiger partial charge in [-0.1, -0.05) is 24.3 Å². The Labute approximate surface area is 182 Å². The molecule has 31 heavy (non-hydrogen) atoms. The molecule has 0 bridgehead atoms. The smallest absolute Gasteiger partial charge is 0.338 e. The Morgan fingerprint density at radius 1 is 1.13 bits per heavy atom. The van der Waals surface area contributed by atoms with Crippen molar-refractivity contribution in [3.05, 3.63) is 93.9 Å². The second-order valence-electron chi connectivity index (χ2n) is 6.55. The van der Waals surface area contributed by atoms with E-state index in [0.717, 1.165) is 4.31 Å². The van der Waals surface area contributed by atoms with Crippen molar-refractivity contribution in [3.8, 4) is 0 Å². The van der Waals surface area contributed by atoms with Crippen LogP contribution >= 0.6 is 11.3 Å². The van der Waals surface area contributed by atoms with E-state index in [0.29, 0.717) is 16.3 Å². The quantitative estimate of drug-likeness (QED) is 0.415. The standard InChI is InChI=1S/C21H17N3O5S2/c1-23(17-7-3-2-4-8-17)31(27,28)18-9-5-6-15(12-18)20(26)29-14-16-13-19(25)24-10-11-30-21(24)22-16/h2-13H,14H2,1H3. The van der Waals surface area contributed by atoms with Crippen LogP contribution in [0.1, 0.15) is 16.1 Å². The number of aromatic nitrogens is 2. The number of benzene rings is 2. The number of esters is 1. The van der Waals surface area contributed by atoms with Gasteiger partial charge in [-0.2, -0.15) is 0 Å². The molecule has 0 aliphatic rings. The molecule has 0 atom stereocenters. The van der Waals surface area contributed by atoms with E-state index in [1.54, 1.807) is 41.9 Å². The van der Waals surface area contributed by atoms with E-state index in [1.165, 1.54) is 53.1 Å². The van der Waals surface area contributed by atoms with Crippen molar-refractivity contribution in [1.29, 1.82) is 0 Å². The van der Waals surface area contributed by atoms with Gasteiger partial charge in [0.05, 0.1) is 21.8 Å². The molecule has 0 N–H and O–H groups in total. The number of hydrogen-bond donors (Lipinski definition) is 0. The molecule has 0 saturated carbocycles. The van der Waals surface area contributed by atoms with Crippen molar-refractivity contribution >= 4 is 38.0 Å². The summed E-state index contributed by atoms with van der Waals surface area (Å²) in [6.07, 6.45) is 1.61. The molecule has 4 aromatic rings. The van der Waals surface area contributed by atoms with Gasteiger partial charge in [-0.15, -0.1) is 11.3 Å². The minimum absolute atomic E-state index is 0.0373. The van der Waals surface area contributed by atoms with Gasteiger partial charge in [0, 0.05) is 24.7 Å². The SMILES string of the molecule is CN(c1ccccc1)S(=O)(=O)c1cccc(C(=O)OCc2cc(=O)n3ccsc3n2)c1. The number of para-hydroxylation sites is 1. The average Bonchev–Trinajstić information content (AvgIpc) is 3.27. The molecule has 0 unspecified atom stereocenters. The van der Waals surface area contributed by atoms with Crippen molar-refractivity contribution in [2.24, 2.45) is 0 Å². The van der Waals surface area contributed by atoms with Crippen LogP contribution in [0.15, 0.2) is 81.9 Å². The zero-order valence-corrected chi connectivity index (χ0v) is 18.0. The summed E-state index contributed by atoms with van der Waals surface area (Å²) in [5, 5.41) is 1.73. The fourth-order valence-electron chi connectivity index (χ4n) is 2.90. The summed E-state index contributed by atoms with van der Waals surface area (Å²) in [5.74, 6) is -0.715. The number of fused-ring (bicyclic) bond motifs is 1. The molecule has 2 aromatic heterocycles. The van der Waals surface area contributed by atoms with Gasteiger partial charge in [0.25, 0.3) is 15.6 Å². The fourth-order valence-corrected chi connectivity index (χ4v) is 4.88. The number of ether oxygens (including phenoxy) is 1. The van der Waals surface area contributed by atoms with Gasteiger partial charge >= 0.3 is 5.97 Å². The summed E-state index contributed by atoms with van der Waals surface area (Å²) in [6.45, 7) is -0.205. The van der Waals surface area contributed by atoms with Crippen LogP contribution in [0.25, 0.3) is 4.96 Å². The number of thiazole rings is 1. The highest BCUT2D eigenvalue weighted by Gasteiger charge is 2.22. The number of carbonyl (C=O) groups is 1. The van der Waals surface area contributed by atoms with E-state index in [2.05, 4.69) is 4.98 Å². The number of hydrogen-bond acceptors (Lipinski definition) is 7. The summed E-state index contributed by atoms with van der Waals surface area (Å²) in [5.41, 5.74) is 0.621. The van der Waals surface area contributed by atoms with E-state index in [1.807, 2.05) is 0 Å². The Morgan fingerprint density at radius 3 is 2.68 bits per heavy atom. The highest BCUT2D eigenvalue weighted by atomic mass is 32.2. The number of sulfonamides is 1. The molecular weight excluding hydrogens is 438 g/mol. The van der Waals surface area contributed by atoms with Crippen molar-refractivity contribution in [2.45, 2.75) is 11.5 Å². The van der Waals surface area contributed by atoms with Crippen molar-refractivity contribution in [2.75, 3.05) is 11.4 Å². The third-order valence-corrected chi connectivity index (χ3v) is 7.09. The average molecular weight is 456 g/mol. The molecule has 0 amide bonds. The molecule has 0 spiro atoms. The molecule has 8 nitrogen and oxygen atoms in total. The van der Waals surface area contributed by atoms with E-state index < -0.39 is 16.0 Å². The highest BCUT2D eigenvalue weighted by Crippen LogP contribution is 2.22. The minimum Gasteiger partial charge on any atom is -0.456 e. The number of nitrogens with zero attached hydrogens (tertiary/aromatic N) is 3. The molecule has 0 radical (unpaired) electrons. The molecule has 158 valence electrons. The third-order valence-electron chi connectivity index (χ3n) is 4.56. The second kappa shape index (κ2) is 8.32. The Balaban J connectivity index is 1.53. The van der Waals surface area contributed by atoms with E-state index in [4.69, 9.17) is 4.74 Å². The summed E-state index contributed by atoms with van der Waals surface area (Å²) in [7, 11) is -2.42. The van der Waals surface area contributed by atoms with Crippen LogP contribution in [-0.2, 0) is 21.4 Å². The summed E-state index contributed by atoms with van der Waals surface area (Å²) < 4.78 is 33.7. The monoisotopic (exact) mass is 455 g/mol. The van der Waals surface area contributed by atoms with Crippen LogP contribution < -0.4 is 9.86 Å². The van der Waals surface area contributed by atoms with E-state index >= 15 is 0 Å². The van der Waals surface area contributed by atoms with E-state index in [-0.39, 0.29) is 22.6 Å². The maximum absolute atomic E-state index is 13.0. The van der Waals surface area contributed by atoms with Gasteiger partial charge in [-0.25, -0.2) is 18.2 Å². The number of rotatable bonds is 6. The molecule has 0 aliphatic heterocycles. The van der Waals surface area contributed by atoms with Gasteiger partial charge < -0.3 is 4.74 Å². The predicted octanol–water partition coefficient (Wildman–Crippen LogP) is 2.94. The second-order valence-corrected chi connectivity index (χ2v) is 9.40. The molecule has 0 saturated heterocycles. The molecule has 10 heteroatoms. The zero-order chi connectivity index (χ0) is 22.0. The molecule has 4 rings (SSSR count). The van der Waals surface area contributed by atoms with Crippen molar-refractivity contribution in [3.63, 3.8) is 0 Å². The Hall–Kier alpha value is -3.50. The largest absolute Gasteiger partial charge is 0.456 e. The number of anilines is 1. The fraction of sp³-hybridized carbons (Fsp3) is 0.0952. The highest BCUT2D eigenvalue weighted by molar-refractivity contribution is 7.92. The zero-order valence-electron chi connectivity index (χ0n) is 16.3. The summed E-state index contributed by atoms with van der Waals surface area (Å²) in [6, 6.07) is 15.5. The molecular formula is C21H17N3O5S2. The van der Waals surface area contributed by atoms with Crippen LogP contribution in [0, 0.1) is 0 Å². The van der Waals surface area contributed by atoms with Gasteiger partial charge in [-0.3, -0.25) is 13.5 Å². The Bertz CT molecular complexity index is 1410. The maximum Gasteiger partial charge on any atom is 0.338 e. The van der Waals surface area contributed by atoms with Gasteiger partial charge in [-0.05, 0) is 30.3 Å². The first kappa shape index (κ1) is 20.8. The number of carbonyl (C=O) groups excluding carboxylic acids is 1. The van der Waals surface area contributed by atoms with Crippen molar-refractivity contribution < 1.29 is 17.9 Å². The molecule has 0 fully saturated rings. The topological polar surface area (TPSA) is 98.0 Å². The van der Waals surface area contributed by atoms with Gasteiger partial charge in [0.1, 0.15) is 6.61 Å². The van der Waals surface area contributed by atoms with Gasteiger partial charge in [0.15, 0.2) is 4.96 Å². The van der Waals surface area contributed by atoms with Crippen LogP contribution in [-0.4, -0.2) is 30.8 Å². The predicted molar refractivity (Wildman–Crippen MR) is 117 cm³/mol. The first-order chi connectivity index (χ1) is 14.9. The maximum atomic E-state index is 13.0.